The fraction of sp³-hybridized carbons (Fsp3) is 0.227. The van der Waals surface area contributed by atoms with Gasteiger partial charge in [-0.2, -0.15) is 0 Å². The van der Waals surface area contributed by atoms with Gasteiger partial charge in [-0.25, -0.2) is 4.79 Å². The normalized spacial score (nSPS) is 22.5. The number of carbonyl (C=O) groups excluding carboxylic acids is 1. The Balaban J connectivity index is 0.000000351. The van der Waals surface area contributed by atoms with Crippen LogP contribution in [0.25, 0.3) is 0 Å². The molecule has 1 atom stereocenters. The maximum Gasteiger partial charge on any atom is 2.00 e. The van der Waals surface area contributed by atoms with Crippen LogP contribution in [-0.2, 0) is 28.4 Å². The molecule has 0 aromatic heterocycles. The standard InChI is InChI=1S/C17H18NO2.C5H5.Fe/c19-17(20-13-14-7-2-1-3-8-14)18-12-6-11-16(18)15-9-4-5-10-15;1-2-4-5-3-1;/h1-5,7-10,16H,6,11-13H2;1-5H;/q;;+2/t16-;;/m1../s1. The van der Waals surface area contributed by atoms with Gasteiger partial charge in [0.25, 0.3) is 0 Å². The van der Waals surface area contributed by atoms with Gasteiger partial charge in [-0.1, -0.05) is 30.3 Å². The van der Waals surface area contributed by atoms with Crippen molar-refractivity contribution in [2.45, 2.75) is 25.5 Å². The zero-order valence-corrected chi connectivity index (χ0v) is 15.7. The van der Waals surface area contributed by atoms with Crippen molar-refractivity contribution in [2.75, 3.05) is 6.54 Å². The second kappa shape index (κ2) is 11.7. The Kier molecular flexibility index (Phi) is 9.56. The summed E-state index contributed by atoms with van der Waals surface area (Å²) in [6.45, 7) is 1.12. The molecule has 0 unspecified atom stereocenters. The number of nitrogens with zero attached hydrogens (tertiary/aromatic N) is 1. The van der Waals surface area contributed by atoms with E-state index < -0.39 is 0 Å². The molecule has 4 rings (SSSR count). The summed E-state index contributed by atoms with van der Waals surface area (Å²) in [5.41, 5.74) is 1.02. The summed E-state index contributed by atoms with van der Waals surface area (Å²) in [5, 5.41) is 0. The number of benzene rings is 1. The topological polar surface area (TPSA) is 29.5 Å². The van der Waals surface area contributed by atoms with Gasteiger partial charge in [-0.05, 0) is 76.2 Å². The molecule has 4 heteroatoms. The van der Waals surface area contributed by atoms with Crippen LogP contribution in [0.4, 0.5) is 4.79 Å². The third kappa shape index (κ3) is 6.32. The molecule has 1 saturated heterocycles. The van der Waals surface area contributed by atoms with Crippen LogP contribution in [0, 0.1) is 63.7 Å². The van der Waals surface area contributed by atoms with E-state index >= 15 is 0 Å². The first-order valence-electron chi connectivity index (χ1n) is 8.70. The van der Waals surface area contributed by atoms with E-state index in [2.05, 4.69) is 12.8 Å². The molecule has 0 bridgehead atoms. The van der Waals surface area contributed by atoms with Crippen LogP contribution in [0.1, 0.15) is 18.4 Å². The first kappa shape index (κ1) is 21.3. The van der Waals surface area contributed by atoms with Crippen LogP contribution in [0.2, 0.25) is 0 Å². The van der Waals surface area contributed by atoms with Gasteiger partial charge in [0.05, 0.1) is 0 Å². The van der Waals surface area contributed by atoms with Crippen molar-refractivity contribution in [1.82, 2.24) is 4.90 Å². The molecule has 0 N–H and O–H groups in total. The third-order valence-electron chi connectivity index (χ3n) is 4.32. The second-order valence-corrected chi connectivity index (χ2v) is 6.07. The third-order valence-corrected chi connectivity index (χ3v) is 4.32. The predicted octanol–water partition coefficient (Wildman–Crippen LogP) is 4.21. The minimum absolute atomic E-state index is 0. The van der Waals surface area contributed by atoms with Gasteiger partial charge < -0.3 is 9.64 Å². The van der Waals surface area contributed by atoms with Gasteiger partial charge in [-0.15, -0.1) is 0 Å². The quantitative estimate of drug-likeness (QED) is 0.725. The number of rotatable bonds is 3. The Bertz CT molecular complexity index is 505. The maximum absolute atomic E-state index is 12.2. The largest absolute Gasteiger partial charge is 2.00 e. The summed E-state index contributed by atoms with van der Waals surface area (Å²) in [6.07, 6.45) is 20.0. The van der Waals surface area contributed by atoms with E-state index in [1.54, 1.807) is 0 Å². The smallest absolute Gasteiger partial charge is 0.445 e. The fourth-order valence-electron chi connectivity index (χ4n) is 3.07. The summed E-state index contributed by atoms with van der Waals surface area (Å²) in [5.74, 6) is 1.21. The number of ether oxygens (including phenoxy) is 1. The fourth-order valence-corrected chi connectivity index (χ4v) is 3.07. The van der Waals surface area contributed by atoms with E-state index in [1.165, 1.54) is 5.92 Å². The van der Waals surface area contributed by atoms with Crippen molar-refractivity contribution >= 4 is 6.09 Å². The molecule has 3 aliphatic rings. The Morgan fingerprint density at radius 3 is 2.19 bits per heavy atom. The molecule has 2 aliphatic carbocycles. The molecule has 2 saturated carbocycles. The van der Waals surface area contributed by atoms with Crippen molar-refractivity contribution in [2.24, 2.45) is 0 Å². The van der Waals surface area contributed by atoms with Crippen LogP contribution < -0.4 is 0 Å². The molecule has 3 nitrogen and oxygen atoms in total. The van der Waals surface area contributed by atoms with Crippen molar-refractivity contribution in [3.8, 4) is 0 Å². The summed E-state index contributed by atoms with van der Waals surface area (Å²) in [7, 11) is 0. The molecule has 1 amide bonds. The first-order chi connectivity index (χ1) is 12.3. The number of hydrogen-bond acceptors (Lipinski definition) is 2. The monoisotopic (exact) mass is 389 g/mol. The summed E-state index contributed by atoms with van der Waals surface area (Å²) >= 11 is 0. The predicted molar refractivity (Wildman–Crippen MR) is 98.3 cm³/mol. The SMILES string of the molecule is O=C(OCc1ccccc1)N1CCC[C@@H]1[C]1[CH][CH][CH][CH]1.[CH]1[CH][CH][CH][CH]1.[Fe+2]. The van der Waals surface area contributed by atoms with Gasteiger partial charge in [0.2, 0.25) is 0 Å². The minimum atomic E-state index is -0.211. The number of amides is 1. The molecule has 1 aliphatic heterocycles. The van der Waals surface area contributed by atoms with Gasteiger partial charge in [-0.3, -0.25) is 0 Å². The van der Waals surface area contributed by atoms with E-state index in [4.69, 9.17) is 4.74 Å². The van der Waals surface area contributed by atoms with E-state index in [0.29, 0.717) is 6.61 Å². The molecule has 134 valence electrons. The van der Waals surface area contributed by atoms with E-state index in [9.17, 15) is 4.79 Å². The van der Waals surface area contributed by atoms with Crippen LogP contribution in [0.15, 0.2) is 30.3 Å². The van der Waals surface area contributed by atoms with Crippen molar-refractivity contribution in [3.05, 3.63) is 99.6 Å². The average molecular weight is 389 g/mol. The maximum atomic E-state index is 12.2. The van der Waals surface area contributed by atoms with Crippen molar-refractivity contribution in [1.29, 1.82) is 0 Å². The summed E-state index contributed by atoms with van der Waals surface area (Å²) in [6, 6.07) is 9.96. The molecule has 10 radical (unpaired) electrons. The number of carbonyl (C=O) groups is 1. The molecule has 0 spiro atoms. The van der Waals surface area contributed by atoms with Crippen molar-refractivity contribution < 1.29 is 26.6 Å². The molecular formula is C22H23FeNO2+2. The Morgan fingerprint density at radius 2 is 1.58 bits per heavy atom. The molecule has 1 aromatic carbocycles. The van der Waals surface area contributed by atoms with E-state index in [1.807, 2.05) is 80.2 Å². The Morgan fingerprint density at radius 1 is 0.962 bits per heavy atom. The average Bonchev–Trinajstić information content (AvgIpc) is 3.43. The van der Waals surface area contributed by atoms with Crippen LogP contribution >= 0.6 is 0 Å². The number of likely N-dealkylation sites (tertiary alicyclic amines) is 1. The molecule has 3 fully saturated rings. The summed E-state index contributed by atoms with van der Waals surface area (Å²) in [4.78, 5) is 14.1. The van der Waals surface area contributed by atoms with Crippen LogP contribution in [0.3, 0.4) is 0 Å². The number of hydrogen-bond donors (Lipinski definition) is 0. The van der Waals surface area contributed by atoms with Gasteiger partial charge in [0, 0.05) is 18.5 Å². The van der Waals surface area contributed by atoms with Gasteiger partial charge >= 0.3 is 23.2 Å². The molecule has 1 aromatic rings. The Labute approximate surface area is 169 Å². The minimum Gasteiger partial charge on any atom is -0.445 e. The first-order valence-corrected chi connectivity index (χ1v) is 8.70. The second-order valence-electron chi connectivity index (χ2n) is 6.07. The molecular weight excluding hydrogens is 366 g/mol. The van der Waals surface area contributed by atoms with Crippen LogP contribution in [0.5, 0.6) is 0 Å². The zero-order valence-electron chi connectivity index (χ0n) is 14.6. The van der Waals surface area contributed by atoms with E-state index in [0.717, 1.165) is 24.9 Å². The van der Waals surface area contributed by atoms with E-state index in [-0.39, 0.29) is 29.2 Å². The summed E-state index contributed by atoms with van der Waals surface area (Å²) < 4.78 is 5.43. The zero-order chi connectivity index (χ0) is 17.3. The van der Waals surface area contributed by atoms with Gasteiger partial charge in [0.15, 0.2) is 0 Å². The molecule has 1 heterocycles. The molecule has 26 heavy (non-hydrogen) atoms. The van der Waals surface area contributed by atoms with Crippen LogP contribution in [-0.4, -0.2) is 23.6 Å². The Hall–Kier alpha value is -0.991. The van der Waals surface area contributed by atoms with Crippen molar-refractivity contribution in [3.63, 3.8) is 0 Å². The van der Waals surface area contributed by atoms with Gasteiger partial charge in [0.1, 0.15) is 6.61 Å².